The fourth-order valence-electron chi connectivity index (χ4n) is 3.09. The minimum Gasteiger partial charge on any atom is -0.349 e. The highest BCUT2D eigenvalue weighted by Gasteiger charge is 2.29. The van der Waals surface area contributed by atoms with Crippen molar-refractivity contribution in [3.63, 3.8) is 0 Å². The summed E-state index contributed by atoms with van der Waals surface area (Å²) >= 11 is 1.19. The van der Waals surface area contributed by atoms with Crippen LogP contribution in [0.1, 0.15) is 50.8 Å². The first-order valence-corrected chi connectivity index (χ1v) is 11.2. The highest BCUT2D eigenvalue weighted by Crippen LogP contribution is 2.27. The van der Waals surface area contributed by atoms with Crippen molar-refractivity contribution < 1.29 is 13.2 Å². The summed E-state index contributed by atoms with van der Waals surface area (Å²) in [4.78, 5) is 13.1. The molecule has 3 N–H and O–H groups in total. The zero-order chi connectivity index (χ0) is 18.5. The topological polar surface area (TPSA) is 92.5 Å². The third-order valence-corrected chi connectivity index (χ3v) is 8.48. The average molecular weight is 424 g/mol. The second kappa shape index (κ2) is 10.0. The molecule has 0 aromatic carbocycles. The summed E-state index contributed by atoms with van der Waals surface area (Å²) in [5.41, 5.74) is 5.44. The number of hydrogen-bond donors (Lipinski definition) is 2. The minimum atomic E-state index is -3.43. The molecule has 1 saturated heterocycles. The average Bonchev–Trinajstić information content (AvgIpc) is 3.10. The minimum absolute atomic E-state index is 0. The Labute approximate surface area is 167 Å². The van der Waals surface area contributed by atoms with Gasteiger partial charge in [-0.25, -0.2) is 8.42 Å². The van der Waals surface area contributed by atoms with Gasteiger partial charge >= 0.3 is 0 Å². The molecule has 2 rings (SSSR count). The number of rotatable bonds is 8. The zero-order valence-corrected chi connectivity index (χ0v) is 17.9. The summed E-state index contributed by atoms with van der Waals surface area (Å²) in [6.07, 6.45) is 4.63. The van der Waals surface area contributed by atoms with Crippen LogP contribution in [0.4, 0.5) is 0 Å². The Bertz CT molecular complexity index is 673. The van der Waals surface area contributed by atoms with Crippen LogP contribution >= 0.6 is 23.7 Å². The molecule has 9 heteroatoms. The van der Waals surface area contributed by atoms with Crippen molar-refractivity contribution in [1.29, 1.82) is 0 Å². The van der Waals surface area contributed by atoms with Crippen LogP contribution in [-0.2, 0) is 21.2 Å². The molecule has 0 atom stereocenters. The first kappa shape index (κ1) is 23.4. The Hall–Kier alpha value is -0.670. The van der Waals surface area contributed by atoms with Crippen molar-refractivity contribution in [2.24, 2.45) is 5.73 Å². The number of nitrogens with one attached hydrogen (secondary N) is 1. The van der Waals surface area contributed by atoms with Crippen molar-refractivity contribution >= 4 is 39.7 Å². The van der Waals surface area contributed by atoms with Crippen LogP contribution in [0, 0.1) is 0 Å². The molecule has 0 aliphatic carbocycles. The smallest absolute Gasteiger partial charge is 0.252 e. The maximum atomic E-state index is 12.7. The van der Waals surface area contributed by atoms with Gasteiger partial charge in [-0.15, -0.1) is 23.7 Å². The summed E-state index contributed by atoms with van der Waals surface area (Å²) in [5.74, 6) is -0.113. The highest BCUT2D eigenvalue weighted by molar-refractivity contribution is 7.91. The molecule has 0 bridgehead atoms. The third kappa shape index (κ3) is 5.42. The molecule has 1 aliphatic heterocycles. The lowest BCUT2D eigenvalue weighted by Gasteiger charge is -2.31. The van der Waals surface area contributed by atoms with Gasteiger partial charge in [0.25, 0.3) is 10.0 Å². The van der Waals surface area contributed by atoms with E-state index in [1.54, 1.807) is 16.4 Å². The Morgan fingerprint density at radius 2 is 1.85 bits per heavy atom. The molecule has 1 aromatic heterocycles. The largest absolute Gasteiger partial charge is 0.349 e. The molecule has 0 saturated carbocycles. The normalized spacial score (nSPS) is 16.1. The van der Waals surface area contributed by atoms with Gasteiger partial charge in [0.15, 0.2) is 0 Å². The Morgan fingerprint density at radius 3 is 2.38 bits per heavy atom. The van der Waals surface area contributed by atoms with Crippen molar-refractivity contribution in [3.05, 3.63) is 17.0 Å². The first-order chi connectivity index (χ1) is 11.9. The van der Waals surface area contributed by atoms with Crippen molar-refractivity contribution in [2.45, 2.75) is 62.1 Å². The van der Waals surface area contributed by atoms with E-state index in [2.05, 4.69) is 5.32 Å². The molecule has 6 nitrogen and oxygen atoms in total. The lowest BCUT2D eigenvalue weighted by atomic mass is 9.93. The number of carbonyl (C=O) groups is 1. The highest BCUT2D eigenvalue weighted by atomic mass is 35.5. The van der Waals surface area contributed by atoms with Crippen LogP contribution < -0.4 is 11.1 Å². The molecule has 0 spiro atoms. The molecular weight excluding hydrogens is 394 g/mol. The lowest BCUT2D eigenvalue weighted by molar-refractivity contribution is -0.122. The van der Waals surface area contributed by atoms with E-state index in [4.69, 9.17) is 5.73 Å². The molecule has 1 amide bonds. The molecule has 0 radical (unpaired) electrons. The molecule has 150 valence electrons. The van der Waals surface area contributed by atoms with E-state index in [1.165, 1.54) is 11.3 Å². The fraction of sp³-hybridized carbons (Fsp3) is 0.706. The monoisotopic (exact) mass is 423 g/mol. The predicted molar refractivity (Wildman–Crippen MR) is 108 cm³/mol. The molecule has 1 aliphatic rings. The first-order valence-electron chi connectivity index (χ1n) is 8.97. The quantitative estimate of drug-likeness (QED) is 0.671. The third-order valence-electron chi connectivity index (χ3n) is 5.03. The number of sulfonamides is 1. The molecule has 2 heterocycles. The number of halogens is 1. The number of nitrogens with two attached hydrogens (primary N) is 1. The van der Waals surface area contributed by atoms with Crippen LogP contribution in [0.15, 0.2) is 16.3 Å². The van der Waals surface area contributed by atoms with E-state index in [0.29, 0.717) is 23.8 Å². The van der Waals surface area contributed by atoms with Crippen molar-refractivity contribution in [3.8, 4) is 0 Å². The van der Waals surface area contributed by atoms with Gasteiger partial charge in [0.2, 0.25) is 5.91 Å². The number of piperidine rings is 1. The molecule has 1 fully saturated rings. The van der Waals surface area contributed by atoms with E-state index < -0.39 is 10.0 Å². The summed E-state index contributed by atoms with van der Waals surface area (Å²) in [5, 5.41) is 3.02. The van der Waals surface area contributed by atoms with Crippen LogP contribution in [0.5, 0.6) is 0 Å². The molecule has 0 unspecified atom stereocenters. The summed E-state index contributed by atoms with van der Waals surface area (Å²) in [7, 11) is -3.43. The van der Waals surface area contributed by atoms with E-state index >= 15 is 0 Å². The van der Waals surface area contributed by atoms with Crippen LogP contribution in [-0.4, -0.2) is 43.8 Å². The van der Waals surface area contributed by atoms with Gasteiger partial charge in [-0.3, -0.25) is 4.79 Å². The van der Waals surface area contributed by atoms with Gasteiger partial charge in [0.1, 0.15) is 4.21 Å². The number of thiophene rings is 1. The van der Waals surface area contributed by atoms with Gasteiger partial charge in [0.05, 0.1) is 12.0 Å². The maximum absolute atomic E-state index is 12.7. The van der Waals surface area contributed by atoms with Crippen LogP contribution in [0.3, 0.4) is 0 Å². The number of nitrogens with zero attached hydrogens (tertiary/aromatic N) is 1. The molecule has 26 heavy (non-hydrogen) atoms. The number of carbonyl (C=O) groups excluding carboxylic acids is 1. The second-order valence-corrected chi connectivity index (χ2v) is 9.94. The Morgan fingerprint density at radius 1 is 1.23 bits per heavy atom. The Balaban J connectivity index is 0.00000338. The van der Waals surface area contributed by atoms with Crippen LogP contribution in [0.2, 0.25) is 0 Å². The molecule has 1 aromatic rings. The van der Waals surface area contributed by atoms with E-state index in [1.807, 2.05) is 13.8 Å². The van der Waals surface area contributed by atoms with Crippen molar-refractivity contribution in [2.75, 3.05) is 19.6 Å². The zero-order valence-electron chi connectivity index (χ0n) is 15.5. The van der Waals surface area contributed by atoms with Crippen LogP contribution in [0.25, 0.3) is 0 Å². The van der Waals surface area contributed by atoms with E-state index in [0.717, 1.165) is 37.0 Å². The van der Waals surface area contributed by atoms with Gasteiger partial charge in [-0.2, -0.15) is 4.31 Å². The predicted octanol–water partition coefficient (Wildman–Crippen LogP) is 2.52. The number of hydrogen-bond acceptors (Lipinski definition) is 5. The standard InChI is InChI=1S/C17H29N3O3S2.ClH/c1-3-17(4-2,13-18)19-15(21)12-14-8-9-16(24-14)25(22,23)20-10-6-5-7-11-20;/h8-9H,3-7,10-13,18H2,1-2H3,(H,19,21);1H. The summed E-state index contributed by atoms with van der Waals surface area (Å²) in [6.45, 7) is 5.57. The van der Waals surface area contributed by atoms with E-state index in [-0.39, 0.29) is 30.3 Å². The van der Waals surface area contributed by atoms with Gasteiger partial charge in [0, 0.05) is 24.5 Å². The second-order valence-electron chi connectivity index (χ2n) is 6.60. The van der Waals surface area contributed by atoms with E-state index in [9.17, 15) is 13.2 Å². The maximum Gasteiger partial charge on any atom is 0.252 e. The fourth-order valence-corrected chi connectivity index (χ4v) is 6.11. The van der Waals surface area contributed by atoms with Gasteiger partial charge in [-0.05, 0) is 37.8 Å². The van der Waals surface area contributed by atoms with Gasteiger partial charge < -0.3 is 11.1 Å². The molecular formula is C17H30ClN3O3S2. The lowest BCUT2D eigenvalue weighted by Crippen LogP contribution is -2.53. The summed E-state index contributed by atoms with van der Waals surface area (Å²) in [6, 6.07) is 3.36. The van der Waals surface area contributed by atoms with Crippen molar-refractivity contribution in [1.82, 2.24) is 9.62 Å². The summed E-state index contributed by atoms with van der Waals surface area (Å²) < 4.78 is 27.2. The Kier molecular flexibility index (Phi) is 9.02. The SMILES string of the molecule is CCC(CC)(CN)NC(=O)Cc1ccc(S(=O)(=O)N2CCCCC2)s1.Cl. The number of amides is 1. The van der Waals surface area contributed by atoms with Gasteiger partial charge in [-0.1, -0.05) is 20.3 Å².